The highest BCUT2D eigenvalue weighted by Gasteiger charge is 2.08. The monoisotopic (exact) mass is 381 g/mol. The second-order valence-corrected chi connectivity index (χ2v) is 5.20. The highest BCUT2D eigenvalue weighted by Crippen LogP contribution is 2.06. The molecule has 0 saturated heterocycles. The van der Waals surface area contributed by atoms with E-state index >= 15 is 0 Å². The van der Waals surface area contributed by atoms with Crippen molar-refractivity contribution in [3.63, 3.8) is 0 Å². The van der Waals surface area contributed by atoms with Crippen LogP contribution in [0.25, 0.3) is 0 Å². The summed E-state index contributed by atoms with van der Waals surface area (Å²) in [6.07, 6.45) is 0. The number of nitrogens with one attached hydrogen (secondary N) is 1. The Hall–Kier alpha value is -1.89. The summed E-state index contributed by atoms with van der Waals surface area (Å²) in [6, 6.07) is 15.7. The van der Waals surface area contributed by atoms with Gasteiger partial charge in [-0.25, -0.2) is 4.79 Å². The molecule has 0 spiro atoms. The Labute approximate surface area is 130 Å². The van der Waals surface area contributed by atoms with Crippen molar-refractivity contribution in [3.05, 3.63) is 69.3 Å². The molecule has 1 amide bonds. The molecule has 0 fully saturated rings. The largest absolute Gasteiger partial charge is 0.441 e. The van der Waals surface area contributed by atoms with Gasteiger partial charge in [-0.15, -0.1) is 0 Å². The van der Waals surface area contributed by atoms with E-state index in [4.69, 9.17) is 4.74 Å². The third-order valence-corrected chi connectivity index (χ3v) is 3.27. The first-order chi connectivity index (χ1) is 9.66. The second kappa shape index (κ2) is 7.04. The first kappa shape index (κ1) is 14.5. The molecule has 0 bridgehead atoms. The van der Waals surface area contributed by atoms with Crippen molar-refractivity contribution in [3.8, 4) is 0 Å². The van der Waals surface area contributed by atoms with E-state index in [0.29, 0.717) is 11.1 Å². The minimum atomic E-state index is -0.464. The predicted octanol–water partition coefficient (Wildman–Crippen LogP) is 2.84. The molecule has 0 radical (unpaired) electrons. The molecule has 0 atom stereocenters. The molecule has 4 nitrogen and oxygen atoms in total. The summed E-state index contributed by atoms with van der Waals surface area (Å²) in [7, 11) is 0. The van der Waals surface area contributed by atoms with Crippen molar-refractivity contribution in [1.29, 1.82) is 0 Å². The summed E-state index contributed by atoms with van der Waals surface area (Å²) in [5.74, 6) is -0.740. The van der Waals surface area contributed by atoms with Crippen LogP contribution in [0, 0.1) is 3.57 Å². The molecule has 2 rings (SSSR count). The number of benzene rings is 2. The van der Waals surface area contributed by atoms with Gasteiger partial charge in [-0.3, -0.25) is 4.79 Å². The SMILES string of the molecule is O=C(NCOC(=O)c1ccccc1)c1ccc(I)cc1. The lowest BCUT2D eigenvalue weighted by Crippen LogP contribution is -2.27. The van der Waals surface area contributed by atoms with Crippen LogP contribution in [0.15, 0.2) is 54.6 Å². The number of hydrogen-bond acceptors (Lipinski definition) is 3. The number of carbonyl (C=O) groups is 2. The topological polar surface area (TPSA) is 55.4 Å². The maximum atomic E-state index is 11.8. The Morgan fingerprint density at radius 3 is 2.25 bits per heavy atom. The molecule has 2 aromatic carbocycles. The normalized spacial score (nSPS) is 9.85. The molecule has 0 aliphatic rings. The minimum Gasteiger partial charge on any atom is -0.441 e. The third-order valence-electron chi connectivity index (χ3n) is 2.55. The minimum absolute atomic E-state index is 0.154. The molecule has 0 aliphatic heterocycles. The molecule has 102 valence electrons. The Morgan fingerprint density at radius 1 is 0.950 bits per heavy atom. The van der Waals surface area contributed by atoms with E-state index in [1.54, 1.807) is 36.4 Å². The average Bonchev–Trinajstić information content (AvgIpc) is 2.48. The second-order valence-electron chi connectivity index (χ2n) is 3.95. The first-order valence-corrected chi connectivity index (χ1v) is 7.00. The van der Waals surface area contributed by atoms with Crippen molar-refractivity contribution in [2.24, 2.45) is 0 Å². The highest BCUT2D eigenvalue weighted by atomic mass is 127. The lowest BCUT2D eigenvalue weighted by Gasteiger charge is -2.07. The fourth-order valence-electron chi connectivity index (χ4n) is 1.53. The van der Waals surface area contributed by atoms with Crippen LogP contribution in [0.5, 0.6) is 0 Å². The molecular formula is C15H12INO3. The lowest BCUT2D eigenvalue weighted by molar-refractivity contribution is 0.0464. The summed E-state index contributed by atoms with van der Waals surface area (Å²) in [5.41, 5.74) is 0.984. The zero-order valence-corrected chi connectivity index (χ0v) is 12.7. The molecule has 1 N–H and O–H groups in total. The maximum absolute atomic E-state index is 11.8. The van der Waals surface area contributed by atoms with Gasteiger partial charge >= 0.3 is 5.97 Å². The molecule has 2 aromatic rings. The smallest absolute Gasteiger partial charge is 0.339 e. The fraction of sp³-hybridized carbons (Fsp3) is 0.0667. The van der Waals surface area contributed by atoms with Crippen LogP contribution in [-0.2, 0) is 4.74 Å². The van der Waals surface area contributed by atoms with Gasteiger partial charge in [0.05, 0.1) is 5.56 Å². The average molecular weight is 381 g/mol. The number of ether oxygens (including phenoxy) is 1. The van der Waals surface area contributed by atoms with Gasteiger partial charge in [-0.1, -0.05) is 18.2 Å². The van der Waals surface area contributed by atoms with Crippen molar-refractivity contribution in [1.82, 2.24) is 5.32 Å². The van der Waals surface area contributed by atoms with Gasteiger partial charge < -0.3 is 10.1 Å². The summed E-state index contributed by atoms with van der Waals surface area (Å²) in [4.78, 5) is 23.4. The van der Waals surface area contributed by atoms with E-state index in [1.807, 2.05) is 18.2 Å². The Bertz CT molecular complexity index is 596. The van der Waals surface area contributed by atoms with Crippen LogP contribution < -0.4 is 5.32 Å². The number of halogens is 1. The van der Waals surface area contributed by atoms with Crippen LogP contribution in [0.2, 0.25) is 0 Å². The van der Waals surface area contributed by atoms with Crippen molar-refractivity contribution in [2.45, 2.75) is 0 Å². The number of carbonyl (C=O) groups excluding carboxylic acids is 2. The molecule has 5 heteroatoms. The van der Waals surface area contributed by atoms with Gasteiger partial charge in [0.1, 0.15) is 0 Å². The Balaban J connectivity index is 1.83. The summed E-state index contributed by atoms with van der Waals surface area (Å²) in [6.45, 7) is -0.154. The quantitative estimate of drug-likeness (QED) is 0.504. The summed E-state index contributed by atoms with van der Waals surface area (Å²) in [5, 5.41) is 2.53. The van der Waals surface area contributed by atoms with E-state index in [2.05, 4.69) is 27.9 Å². The first-order valence-electron chi connectivity index (χ1n) is 5.93. The van der Waals surface area contributed by atoms with E-state index in [1.165, 1.54) is 0 Å². The molecule has 0 unspecified atom stereocenters. The van der Waals surface area contributed by atoms with Gasteiger partial charge in [-0.05, 0) is 59.0 Å². The number of amides is 1. The van der Waals surface area contributed by atoms with Gasteiger partial charge in [0.15, 0.2) is 6.73 Å². The molecule has 0 aromatic heterocycles. The molecule has 0 aliphatic carbocycles. The van der Waals surface area contributed by atoms with Gasteiger partial charge in [0.2, 0.25) is 0 Å². The Kier molecular flexibility index (Phi) is 5.11. The Morgan fingerprint density at radius 2 is 1.60 bits per heavy atom. The van der Waals surface area contributed by atoms with Crippen LogP contribution in [-0.4, -0.2) is 18.6 Å². The van der Waals surface area contributed by atoms with Gasteiger partial charge in [0.25, 0.3) is 5.91 Å². The van der Waals surface area contributed by atoms with E-state index in [0.717, 1.165) is 3.57 Å². The highest BCUT2D eigenvalue weighted by molar-refractivity contribution is 14.1. The van der Waals surface area contributed by atoms with Crippen LogP contribution >= 0.6 is 22.6 Å². The molecular weight excluding hydrogens is 369 g/mol. The fourth-order valence-corrected chi connectivity index (χ4v) is 1.89. The van der Waals surface area contributed by atoms with Gasteiger partial charge in [-0.2, -0.15) is 0 Å². The summed E-state index contributed by atoms with van der Waals surface area (Å²) < 4.78 is 6.02. The van der Waals surface area contributed by atoms with Crippen LogP contribution in [0.4, 0.5) is 0 Å². The van der Waals surface area contributed by atoms with Crippen LogP contribution in [0.1, 0.15) is 20.7 Å². The van der Waals surface area contributed by atoms with Crippen molar-refractivity contribution < 1.29 is 14.3 Å². The van der Waals surface area contributed by atoms with Crippen molar-refractivity contribution >= 4 is 34.5 Å². The number of esters is 1. The number of hydrogen-bond donors (Lipinski definition) is 1. The van der Waals surface area contributed by atoms with Crippen molar-refractivity contribution in [2.75, 3.05) is 6.73 Å². The third kappa shape index (κ3) is 4.06. The standard InChI is InChI=1S/C15H12INO3/c16-13-8-6-11(7-9-13)14(18)17-10-20-15(19)12-4-2-1-3-5-12/h1-9H,10H2,(H,17,18). The van der Waals surface area contributed by atoms with E-state index < -0.39 is 5.97 Å². The molecule has 0 heterocycles. The summed E-state index contributed by atoms with van der Waals surface area (Å²) >= 11 is 2.16. The van der Waals surface area contributed by atoms with Crippen LogP contribution in [0.3, 0.4) is 0 Å². The lowest BCUT2D eigenvalue weighted by atomic mass is 10.2. The predicted molar refractivity (Wildman–Crippen MR) is 83.3 cm³/mol. The zero-order valence-electron chi connectivity index (χ0n) is 10.5. The van der Waals surface area contributed by atoms with E-state index in [9.17, 15) is 9.59 Å². The number of rotatable bonds is 4. The molecule has 20 heavy (non-hydrogen) atoms. The van der Waals surface area contributed by atoms with E-state index in [-0.39, 0.29) is 12.6 Å². The van der Waals surface area contributed by atoms with Gasteiger partial charge in [0, 0.05) is 9.13 Å². The molecule has 0 saturated carbocycles. The zero-order chi connectivity index (χ0) is 14.4. The maximum Gasteiger partial charge on any atom is 0.339 e.